The van der Waals surface area contributed by atoms with Gasteiger partial charge in [0.1, 0.15) is 0 Å². The van der Waals surface area contributed by atoms with Crippen molar-refractivity contribution >= 4 is 11.8 Å². The van der Waals surface area contributed by atoms with Crippen LogP contribution in [0.3, 0.4) is 0 Å². The number of carbonyl (C=O) groups is 2. The molecule has 0 spiro atoms. The van der Waals surface area contributed by atoms with Crippen LogP contribution in [-0.2, 0) is 16.0 Å². The van der Waals surface area contributed by atoms with Crippen molar-refractivity contribution in [2.24, 2.45) is 11.7 Å². The van der Waals surface area contributed by atoms with E-state index in [0.29, 0.717) is 19.0 Å². The van der Waals surface area contributed by atoms with Crippen LogP contribution in [0, 0.1) is 5.92 Å². The molecule has 1 aromatic rings. The average molecular weight is 277 g/mol. The molecule has 108 valence electrons. The number of hydrogen-bond donors (Lipinski definition) is 1. The zero-order chi connectivity index (χ0) is 14.5. The number of hydrogen-bond acceptors (Lipinski definition) is 4. The summed E-state index contributed by atoms with van der Waals surface area (Å²) >= 11 is 0. The molecule has 0 aromatic carbocycles. The fourth-order valence-electron chi connectivity index (χ4n) is 2.45. The van der Waals surface area contributed by atoms with E-state index in [1.165, 1.54) is 7.11 Å². The number of aromatic nitrogens is 1. The predicted molar refractivity (Wildman–Crippen MR) is 73.0 cm³/mol. The number of nitrogens with two attached hydrogens (primary N) is 1. The Bertz CT molecular complexity index is 504. The molecule has 2 N–H and O–H groups in total. The first-order valence-corrected chi connectivity index (χ1v) is 6.66. The molecule has 1 aliphatic heterocycles. The summed E-state index contributed by atoms with van der Waals surface area (Å²) in [6, 6.07) is 3.59. The molecule has 0 aliphatic carbocycles. The molecule has 1 saturated heterocycles. The van der Waals surface area contributed by atoms with Crippen molar-refractivity contribution in [1.29, 1.82) is 0 Å². The van der Waals surface area contributed by atoms with Gasteiger partial charge in [0.25, 0.3) is 0 Å². The quantitative estimate of drug-likeness (QED) is 0.861. The Hall–Kier alpha value is -2.11. The van der Waals surface area contributed by atoms with Crippen LogP contribution in [0.5, 0.6) is 5.88 Å². The molecule has 2 heterocycles. The molecular weight excluding hydrogens is 258 g/mol. The number of methoxy groups -OCH3 is 1. The van der Waals surface area contributed by atoms with Gasteiger partial charge in [0.15, 0.2) is 0 Å². The van der Waals surface area contributed by atoms with E-state index in [1.54, 1.807) is 17.2 Å². The second-order valence-corrected chi connectivity index (χ2v) is 4.93. The van der Waals surface area contributed by atoms with E-state index in [4.69, 9.17) is 10.5 Å². The SMILES string of the molecule is COc1ncccc1CC(=O)N1CCC[C@H](C(N)=O)C1. The highest BCUT2D eigenvalue weighted by Crippen LogP contribution is 2.19. The van der Waals surface area contributed by atoms with Crippen LogP contribution >= 0.6 is 0 Å². The number of rotatable bonds is 4. The lowest BCUT2D eigenvalue weighted by Gasteiger charge is -2.31. The summed E-state index contributed by atoms with van der Waals surface area (Å²) in [6.07, 6.45) is 3.41. The van der Waals surface area contributed by atoms with Crippen molar-refractivity contribution in [3.05, 3.63) is 23.9 Å². The largest absolute Gasteiger partial charge is 0.481 e. The molecule has 1 aromatic heterocycles. The second kappa shape index (κ2) is 6.36. The molecule has 2 rings (SSSR count). The Morgan fingerprint density at radius 2 is 2.35 bits per heavy atom. The Morgan fingerprint density at radius 3 is 3.05 bits per heavy atom. The molecule has 20 heavy (non-hydrogen) atoms. The van der Waals surface area contributed by atoms with Crippen molar-refractivity contribution in [1.82, 2.24) is 9.88 Å². The first-order valence-electron chi connectivity index (χ1n) is 6.66. The van der Waals surface area contributed by atoms with Gasteiger partial charge in [0, 0.05) is 24.8 Å². The lowest BCUT2D eigenvalue weighted by atomic mass is 9.97. The number of ether oxygens (including phenoxy) is 1. The van der Waals surface area contributed by atoms with Crippen molar-refractivity contribution in [3.8, 4) is 5.88 Å². The topological polar surface area (TPSA) is 85.5 Å². The van der Waals surface area contributed by atoms with Gasteiger partial charge in [-0.05, 0) is 18.9 Å². The Labute approximate surface area is 117 Å². The normalized spacial score (nSPS) is 18.6. The molecule has 1 fully saturated rings. The van der Waals surface area contributed by atoms with Crippen LogP contribution in [0.2, 0.25) is 0 Å². The predicted octanol–water partition coefficient (Wildman–Crippen LogP) is 0.357. The summed E-state index contributed by atoms with van der Waals surface area (Å²) in [7, 11) is 1.53. The third-order valence-corrected chi connectivity index (χ3v) is 3.56. The summed E-state index contributed by atoms with van der Waals surface area (Å²) in [5.74, 6) is -0.128. The Balaban J connectivity index is 2.02. The van der Waals surface area contributed by atoms with E-state index >= 15 is 0 Å². The summed E-state index contributed by atoms with van der Waals surface area (Å²) in [5.41, 5.74) is 6.07. The number of carbonyl (C=O) groups excluding carboxylic acids is 2. The van der Waals surface area contributed by atoms with E-state index < -0.39 is 0 Å². The number of primary amides is 1. The number of likely N-dealkylation sites (tertiary alicyclic amines) is 1. The van der Waals surface area contributed by atoms with Crippen LogP contribution in [-0.4, -0.2) is 41.9 Å². The molecule has 1 aliphatic rings. The van der Waals surface area contributed by atoms with Gasteiger partial charge < -0.3 is 15.4 Å². The molecule has 0 unspecified atom stereocenters. The molecule has 1 atom stereocenters. The highest BCUT2D eigenvalue weighted by Gasteiger charge is 2.27. The highest BCUT2D eigenvalue weighted by molar-refractivity contribution is 5.81. The summed E-state index contributed by atoms with van der Waals surface area (Å²) in [6.45, 7) is 1.09. The number of piperidine rings is 1. The Kier molecular flexibility index (Phi) is 4.55. The summed E-state index contributed by atoms with van der Waals surface area (Å²) < 4.78 is 5.14. The average Bonchev–Trinajstić information content (AvgIpc) is 2.48. The zero-order valence-corrected chi connectivity index (χ0v) is 11.5. The number of nitrogens with zero attached hydrogens (tertiary/aromatic N) is 2. The van der Waals surface area contributed by atoms with Crippen LogP contribution in [0.1, 0.15) is 18.4 Å². The van der Waals surface area contributed by atoms with Gasteiger partial charge in [-0.15, -0.1) is 0 Å². The third-order valence-electron chi connectivity index (χ3n) is 3.56. The number of amides is 2. The van der Waals surface area contributed by atoms with Gasteiger partial charge in [-0.2, -0.15) is 0 Å². The van der Waals surface area contributed by atoms with Crippen molar-refractivity contribution in [2.75, 3.05) is 20.2 Å². The minimum atomic E-state index is -0.332. The molecule has 2 amide bonds. The molecule has 0 radical (unpaired) electrons. The van der Waals surface area contributed by atoms with Crippen LogP contribution < -0.4 is 10.5 Å². The molecule has 6 nitrogen and oxygen atoms in total. The Morgan fingerprint density at radius 1 is 1.55 bits per heavy atom. The van der Waals surface area contributed by atoms with E-state index in [9.17, 15) is 9.59 Å². The smallest absolute Gasteiger partial charge is 0.227 e. The maximum Gasteiger partial charge on any atom is 0.227 e. The molecule has 0 bridgehead atoms. The van der Waals surface area contributed by atoms with Gasteiger partial charge in [-0.25, -0.2) is 4.98 Å². The monoisotopic (exact) mass is 277 g/mol. The fraction of sp³-hybridized carbons (Fsp3) is 0.500. The highest BCUT2D eigenvalue weighted by atomic mass is 16.5. The number of pyridine rings is 1. The summed E-state index contributed by atoms with van der Waals surface area (Å²) in [5, 5.41) is 0. The van der Waals surface area contributed by atoms with Gasteiger partial charge in [-0.3, -0.25) is 9.59 Å². The van der Waals surface area contributed by atoms with E-state index in [0.717, 1.165) is 18.4 Å². The minimum Gasteiger partial charge on any atom is -0.481 e. The standard InChI is InChI=1S/C14H19N3O3/c1-20-14-10(4-2-6-16-14)8-12(18)17-7-3-5-11(9-17)13(15)19/h2,4,6,11H,3,5,7-9H2,1H3,(H2,15,19)/t11-/m0/s1. The molecular formula is C14H19N3O3. The van der Waals surface area contributed by atoms with Crippen LogP contribution in [0.15, 0.2) is 18.3 Å². The van der Waals surface area contributed by atoms with E-state index in [2.05, 4.69) is 4.98 Å². The van der Waals surface area contributed by atoms with Crippen LogP contribution in [0.25, 0.3) is 0 Å². The first kappa shape index (κ1) is 14.3. The minimum absolute atomic E-state index is 0.0257. The lowest BCUT2D eigenvalue weighted by Crippen LogP contribution is -2.44. The van der Waals surface area contributed by atoms with Crippen molar-refractivity contribution in [3.63, 3.8) is 0 Å². The van der Waals surface area contributed by atoms with Crippen molar-refractivity contribution in [2.45, 2.75) is 19.3 Å². The fourth-order valence-corrected chi connectivity index (χ4v) is 2.45. The maximum atomic E-state index is 12.3. The van der Waals surface area contributed by atoms with Crippen LogP contribution in [0.4, 0.5) is 0 Å². The maximum absolute atomic E-state index is 12.3. The van der Waals surface area contributed by atoms with E-state index in [1.807, 2.05) is 6.07 Å². The zero-order valence-electron chi connectivity index (χ0n) is 11.5. The van der Waals surface area contributed by atoms with Gasteiger partial charge >= 0.3 is 0 Å². The van der Waals surface area contributed by atoms with Crippen molar-refractivity contribution < 1.29 is 14.3 Å². The molecule has 6 heteroatoms. The van der Waals surface area contributed by atoms with Gasteiger partial charge in [0.05, 0.1) is 19.4 Å². The first-order chi connectivity index (χ1) is 9.61. The lowest BCUT2D eigenvalue weighted by molar-refractivity contribution is -0.134. The van der Waals surface area contributed by atoms with Gasteiger partial charge in [-0.1, -0.05) is 6.07 Å². The summed E-state index contributed by atoms with van der Waals surface area (Å²) in [4.78, 5) is 29.3. The molecule has 0 saturated carbocycles. The second-order valence-electron chi connectivity index (χ2n) is 4.93. The van der Waals surface area contributed by atoms with E-state index in [-0.39, 0.29) is 24.2 Å². The van der Waals surface area contributed by atoms with Gasteiger partial charge in [0.2, 0.25) is 17.7 Å². The third kappa shape index (κ3) is 3.26.